The maximum Gasteiger partial charge on any atom is 0.416 e. The van der Waals surface area contributed by atoms with Crippen LogP contribution in [0.3, 0.4) is 0 Å². The smallest absolute Gasteiger partial charge is 0.416 e. The van der Waals surface area contributed by atoms with Gasteiger partial charge < -0.3 is 25.2 Å². The third-order valence-electron chi connectivity index (χ3n) is 7.12. The molecule has 224 valence electrons. The molecule has 2 aromatic carbocycles. The number of alkyl halides is 3. The molecule has 0 spiro atoms. The van der Waals surface area contributed by atoms with E-state index in [1.807, 2.05) is 31.9 Å². The molecule has 1 saturated heterocycles. The van der Waals surface area contributed by atoms with Gasteiger partial charge in [-0.2, -0.15) is 13.2 Å². The second kappa shape index (κ2) is 12.7. The summed E-state index contributed by atoms with van der Waals surface area (Å²) in [5.74, 6) is 1.59. The zero-order chi connectivity index (χ0) is 30.6. The number of carbonyl (C=O) groups is 1. The number of ether oxygens (including phenoxy) is 1. The van der Waals surface area contributed by atoms with Crippen LogP contribution in [0.5, 0.6) is 11.6 Å². The van der Waals surface area contributed by atoms with Crippen LogP contribution in [0.1, 0.15) is 23.9 Å². The predicted octanol–water partition coefficient (Wildman–Crippen LogP) is 6.62. The molecule has 0 aliphatic carbocycles. The van der Waals surface area contributed by atoms with Gasteiger partial charge in [-0.25, -0.2) is 19.7 Å². The van der Waals surface area contributed by atoms with Crippen LogP contribution in [0.25, 0.3) is 11.3 Å². The van der Waals surface area contributed by atoms with Gasteiger partial charge in [-0.05, 0) is 74.1 Å². The standard InChI is InChI=1S/C31H32F3N7O2/c1-4-28-35-13-11-24(38-28)23-6-5-12-36-29(23)43-27-10-8-22(18-20(27)2)37-30(42)39-25-19-21(31(32,33)34)7-9-26(25)41-16-14-40(3)15-17-41/h5-13,18-19H,4,14-17H2,1-3H3,(H2,37,39,42). The molecule has 0 radical (unpaired) electrons. The van der Waals surface area contributed by atoms with Crippen LogP contribution in [0.15, 0.2) is 67.0 Å². The maximum atomic E-state index is 13.5. The van der Waals surface area contributed by atoms with Gasteiger partial charge in [-0.1, -0.05) is 6.92 Å². The number of amides is 2. The zero-order valence-corrected chi connectivity index (χ0v) is 24.1. The SMILES string of the molecule is CCc1nccc(-c2cccnc2Oc2ccc(NC(=O)Nc3cc(C(F)(F)F)ccc3N3CCN(C)CC3)cc2C)n1. The molecule has 0 bridgehead atoms. The molecule has 3 heterocycles. The highest BCUT2D eigenvalue weighted by atomic mass is 19.4. The summed E-state index contributed by atoms with van der Waals surface area (Å²) in [6.45, 7) is 6.59. The number of halogens is 3. The van der Waals surface area contributed by atoms with E-state index in [1.54, 1.807) is 42.7 Å². The number of piperazine rings is 1. The van der Waals surface area contributed by atoms with Crippen LogP contribution in [0.4, 0.5) is 35.0 Å². The Kier molecular flexibility index (Phi) is 8.76. The van der Waals surface area contributed by atoms with Crippen molar-refractivity contribution in [3.05, 3.63) is 83.9 Å². The quantitative estimate of drug-likeness (QED) is 0.250. The number of pyridine rings is 1. The summed E-state index contributed by atoms with van der Waals surface area (Å²) in [5, 5.41) is 5.35. The Labute approximate surface area is 247 Å². The third kappa shape index (κ3) is 7.20. The molecule has 5 rings (SSSR count). The number of hydrogen-bond donors (Lipinski definition) is 2. The number of benzene rings is 2. The minimum absolute atomic E-state index is 0.0900. The van der Waals surface area contributed by atoms with E-state index in [-0.39, 0.29) is 5.69 Å². The molecular formula is C31H32F3N7O2. The number of likely N-dealkylation sites (N-methyl/N-ethyl adjacent to an activating group) is 1. The minimum Gasteiger partial charge on any atom is -0.438 e. The van der Waals surface area contributed by atoms with Gasteiger partial charge >= 0.3 is 12.2 Å². The van der Waals surface area contributed by atoms with Crippen LogP contribution < -0.4 is 20.3 Å². The van der Waals surface area contributed by atoms with Gasteiger partial charge in [0.2, 0.25) is 5.88 Å². The maximum absolute atomic E-state index is 13.5. The van der Waals surface area contributed by atoms with Crippen LogP contribution in [0.2, 0.25) is 0 Å². The van der Waals surface area contributed by atoms with Crippen molar-refractivity contribution in [2.75, 3.05) is 48.8 Å². The molecule has 4 aromatic rings. The Morgan fingerprint density at radius 1 is 0.977 bits per heavy atom. The summed E-state index contributed by atoms with van der Waals surface area (Å²) >= 11 is 0. The number of nitrogens with one attached hydrogen (secondary N) is 2. The zero-order valence-electron chi connectivity index (χ0n) is 24.1. The Hall–Kier alpha value is -4.71. The molecule has 43 heavy (non-hydrogen) atoms. The van der Waals surface area contributed by atoms with E-state index in [2.05, 4.69) is 30.5 Å². The van der Waals surface area contributed by atoms with Gasteiger partial charge in [-0.15, -0.1) is 0 Å². The molecular weight excluding hydrogens is 559 g/mol. The van der Waals surface area contributed by atoms with Crippen molar-refractivity contribution in [2.45, 2.75) is 26.4 Å². The molecule has 0 saturated carbocycles. The van der Waals surface area contributed by atoms with Gasteiger partial charge in [0, 0.05) is 50.7 Å². The number of hydrogen-bond acceptors (Lipinski definition) is 7. The summed E-state index contributed by atoms with van der Waals surface area (Å²) in [5.41, 5.74) is 2.35. The first kappa shape index (κ1) is 29.8. The number of carbonyl (C=O) groups excluding carboxylic acids is 1. The van der Waals surface area contributed by atoms with Crippen LogP contribution in [0, 0.1) is 6.92 Å². The average Bonchev–Trinajstić information content (AvgIpc) is 2.99. The van der Waals surface area contributed by atoms with E-state index in [0.29, 0.717) is 65.2 Å². The summed E-state index contributed by atoms with van der Waals surface area (Å²) < 4.78 is 46.6. The molecule has 2 N–H and O–H groups in total. The van der Waals surface area contributed by atoms with Crippen molar-refractivity contribution in [3.8, 4) is 22.9 Å². The van der Waals surface area contributed by atoms with Crippen molar-refractivity contribution in [1.82, 2.24) is 19.9 Å². The van der Waals surface area contributed by atoms with Crippen LogP contribution in [-0.4, -0.2) is 59.1 Å². The van der Waals surface area contributed by atoms with Crippen LogP contribution >= 0.6 is 0 Å². The number of nitrogens with zero attached hydrogens (tertiary/aromatic N) is 5. The molecule has 1 aliphatic rings. The lowest BCUT2D eigenvalue weighted by molar-refractivity contribution is -0.137. The molecule has 9 nitrogen and oxygen atoms in total. The van der Waals surface area contributed by atoms with Crippen molar-refractivity contribution >= 4 is 23.1 Å². The van der Waals surface area contributed by atoms with E-state index >= 15 is 0 Å². The average molecular weight is 592 g/mol. The molecule has 2 aromatic heterocycles. The molecule has 0 unspecified atom stereocenters. The molecule has 1 fully saturated rings. The van der Waals surface area contributed by atoms with Gasteiger partial charge in [0.05, 0.1) is 28.2 Å². The second-order valence-electron chi connectivity index (χ2n) is 10.2. The van der Waals surface area contributed by atoms with Crippen LogP contribution in [-0.2, 0) is 12.6 Å². The van der Waals surface area contributed by atoms with Gasteiger partial charge in [0.1, 0.15) is 11.6 Å². The monoisotopic (exact) mass is 591 g/mol. The number of aryl methyl sites for hydroxylation is 2. The summed E-state index contributed by atoms with van der Waals surface area (Å²) in [6.07, 6.45) is -0.529. The number of aromatic nitrogens is 3. The van der Waals surface area contributed by atoms with Crippen molar-refractivity contribution in [1.29, 1.82) is 0 Å². The second-order valence-corrected chi connectivity index (χ2v) is 10.2. The molecule has 2 amide bonds. The van der Waals surface area contributed by atoms with E-state index in [1.165, 1.54) is 6.07 Å². The highest BCUT2D eigenvalue weighted by molar-refractivity contribution is 6.02. The third-order valence-corrected chi connectivity index (χ3v) is 7.12. The fourth-order valence-corrected chi connectivity index (χ4v) is 4.75. The Balaban J connectivity index is 1.32. The summed E-state index contributed by atoms with van der Waals surface area (Å²) in [7, 11) is 1.99. The number of anilines is 3. The molecule has 1 aliphatic heterocycles. The lowest BCUT2D eigenvalue weighted by Crippen LogP contribution is -2.44. The normalized spacial score (nSPS) is 14.0. The Morgan fingerprint density at radius 3 is 2.49 bits per heavy atom. The topological polar surface area (TPSA) is 95.5 Å². The Bertz CT molecular complexity index is 1600. The first-order valence-corrected chi connectivity index (χ1v) is 13.9. The van der Waals surface area contributed by atoms with E-state index in [4.69, 9.17) is 4.74 Å². The minimum atomic E-state index is -4.54. The number of rotatable bonds is 7. The predicted molar refractivity (Wildman–Crippen MR) is 160 cm³/mol. The van der Waals surface area contributed by atoms with Crippen molar-refractivity contribution in [2.24, 2.45) is 0 Å². The lowest BCUT2D eigenvalue weighted by Gasteiger charge is -2.35. The first-order chi connectivity index (χ1) is 20.6. The highest BCUT2D eigenvalue weighted by Gasteiger charge is 2.32. The highest BCUT2D eigenvalue weighted by Crippen LogP contribution is 2.36. The van der Waals surface area contributed by atoms with Gasteiger partial charge in [0.15, 0.2) is 0 Å². The summed E-state index contributed by atoms with van der Waals surface area (Å²) in [6, 6.07) is 13.3. The van der Waals surface area contributed by atoms with E-state index < -0.39 is 17.8 Å². The van der Waals surface area contributed by atoms with Crippen molar-refractivity contribution in [3.63, 3.8) is 0 Å². The van der Waals surface area contributed by atoms with E-state index in [0.717, 1.165) is 25.2 Å². The van der Waals surface area contributed by atoms with E-state index in [9.17, 15) is 18.0 Å². The molecule has 0 atom stereocenters. The fraction of sp³-hybridized carbons (Fsp3) is 0.290. The molecule has 12 heteroatoms. The summed E-state index contributed by atoms with van der Waals surface area (Å²) in [4.78, 5) is 30.3. The fourth-order valence-electron chi connectivity index (χ4n) is 4.75. The van der Waals surface area contributed by atoms with Gasteiger partial charge in [0.25, 0.3) is 0 Å². The number of urea groups is 1. The first-order valence-electron chi connectivity index (χ1n) is 13.9. The lowest BCUT2D eigenvalue weighted by atomic mass is 10.1. The van der Waals surface area contributed by atoms with Crippen molar-refractivity contribution < 1.29 is 22.7 Å². The largest absolute Gasteiger partial charge is 0.438 e. The Morgan fingerprint density at radius 2 is 1.77 bits per heavy atom. The van der Waals surface area contributed by atoms with Gasteiger partial charge in [-0.3, -0.25) is 0 Å².